The predicted octanol–water partition coefficient (Wildman–Crippen LogP) is 2.53. The summed E-state index contributed by atoms with van der Waals surface area (Å²) in [6.07, 6.45) is 2.78. The van der Waals surface area contributed by atoms with Crippen molar-refractivity contribution in [2.75, 3.05) is 18.5 Å². The summed E-state index contributed by atoms with van der Waals surface area (Å²) in [4.78, 5) is 6.60. The number of hydrogen-bond acceptors (Lipinski definition) is 3. The molecule has 0 aliphatic heterocycles. The van der Waals surface area contributed by atoms with Crippen LogP contribution in [0.2, 0.25) is 0 Å². The highest BCUT2D eigenvalue weighted by atomic mass is 15.1. The fourth-order valence-electron chi connectivity index (χ4n) is 2.20. The maximum Gasteiger partial charge on any atom is 0.0421 e. The van der Waals surface area contributed by atoms with Crippen LogP contribution < -0.4 is 10.6 Å². The molecule has 0 fully saturated rings. The van der Waals surface area contributed by atoms with E-state index < -0.39 is 0 Å². The molecule has 100 valence electrons. The van der Waals surface area contributed by atoms with Crippen molar-refractivity contribution in [2.24, 2.45) is 5.73 Å². The molecule has 1 aromatic heterocycles. The molecule has 0 radical (unpaired) electrons. The summed E-state index contributed by atoms with van der Waals surface area (Å²) in [5.74, 6) is 0. The summed E-state index contributed by atoms with van der Waals surface area (Å²) in [6, 6.07) is 12.5. The number of nitrogens with zero attached hydrogens (tertiary/aromatic N) is 2. The number of likely N-dealkylation sites (N-methyl/N-ethyl adjacent to an activating group) is 1. The molecule has 3 nitrogen and oxygen atoms in total. The van der Waals surface area contributed by atoms with Crippen LogP contribution in [0.5, 0.6) is 0 Å². The summed E-state index contributed by atoms with van der Waals surface area (Å²) in [5.41, 5.74) is 10.6. The highest BCUT2D eigenvalue weighted by molar-refractivity contribution is 5.54. The summed E-state index contributed by atoms with van der Waals surface area (Å²) in [7, 11) is 2.10. The average molecular weight is 255 g/mol. The smallest absolute Gasteiger partial charge is 0.0421 e. The summed E-state index contributed by atoms with van der Waals surface area (Å²) in [5, 5.41) is 0. The van der Waals surface area contributed by atoms with E-state index in [1.807, 2.05) is 18.3 Å². The summed E-state index contributed by atoms with van der Waals surface area (Å²) >= 11 is 0. The molecule has 0 saturated carbocycles. The zero-order valence-electron chi connectivity index (χ0n) is 11.6. The molecule has 0 spiro atoms. The van der Waals surface area contributed by atoms with E-state index in [1.54, 1.807) is 0 Å². The Kier molecular flexibility index (Phi) is 4.53. The molecule has 0 atom stereocenters. The van der Waals surface area contributed by atoms with E-state index in [4.69, 9.17) is 5.73 Å². The molecular weight excluding hydrogens is 234 g/mol. The fraction of sp³-hybridized carbons (Fsp3) is 0.312. The van der Waals surface area contributed by atoms with Crippen LogP contribution in [0.15, 0.2) is 42.6 Å². The van der Waals surface area contributed by atoms with Gasteiger partial charge in [-0.25, -0.2) is 0 Å². The average Bonchev–Trinajstić information content (AvgIpc) is 2.45. The lowest BCUT2D eigenvalue weighted by atomic mass is 10.1. The first kappa shape index (κ1) is 13.6. The molecule has 2 aromatic rings. The second-order valence-corrected chi connectivity index (χ2v) is 4.83. The molecular formula is C16H21N3. The van der Waals surface area contributed by atoms with Crippen molar-refractivity contribution in [3.8, 4) is 0 Å². The Morgan fingerprint density at radius 2 is 2.05 bits per heavy atom. The van der Waals surface area contributed by atoms with Crippen LogP contribution in [0.1, 0.15) is 16.8 Å². The number of hydrogen-bond donors (Lipinski definition) is 1. The normalized spacial score (nSPS) is 10.5. The van der Waals surface area contributed by atoms with Gasteiger partial charge in [-0.3, -0.25) is 4.98 Å². The molecule has 0 unspecified atom stereocenters. The molecule has 2 rings (SSSR count). The lowest BCUT2D eigenvalue weighted by Crippen LogP contribution is -2.22. The third-order valence-electron chi connectivity index (χ3n) is 3.30. The van der Waals surface area contributed by atoms with Gasteiger partial charge in [0, 0.05) is 44.1 Å². The number of aromatic nitrogens is 1. The van der Waals surface area contributed by atoms with Crippen LogP contribution in [0.25, 0.3) is 0 Å². The molecule has 0 aliphatic carbocycles. The van der Waals surface area contributed by atoms with E-state index in [-0.39, 0.29) is 0 Å². The van der Waals surface area contributed by atoms with Gasteiger partial charge in [0.2, 0.25) is 0 Å². The monoisotopic (exact) mass is 255 g/mol. The van der Waals surface area contributed by atoms with Crippen molar-refractivity contribution in [3.05, 3.63) is 59.4 Å². The molecule has 0 saturated heterocycles. The van der Waals surface area contributed by atoms with E-state index in [2.05, 4.69) is 48.1 Å². The summed E-state index contributed by atoms with van der Waals surface area (Å²) < 4.78 is 0. The second-order valence-electron chi connectivity index (χ2n) is 4.83. The van der Waals surface area contributed by atoms with Crippen molar-refractivity contribution in [1.29, 1.82) is 0 Å². The molecule has 0 amide bonds. The van der Waals surface area contributed by atoms with Gasteiger partial charge in [0.15, 0.2) is 0 Å². The predicted molar refractivity (Wildman–Crippen MR) is 80.3 cm³/mol. The molecule has 1 aromatic carbocycles. The Bertz CT molecular complexity index is 523. The van der Waals surface area contributed by atoms with E-state index >= 15 is 0 Å². The molecule has 0 bridgehead atoms. The lowest BCUT2D eigenvalue weighted by Gasteiger charge is -2.22. The maximum atomic E-state index is 5.83. The van der Waals surface area contributed by atoms with Crippen molar-refractivity contribution in [3.63, 3.8) is 0 Å². The van der Waals surface area contributed by atoms with Gasteiger partial charge in [0.1, 0.15) is 0 Å². The Balaban J connectivity index is 2.05. The van der Waals surface area contributed by atoms with Gasteiger partial charge in [0.25, 0.3) is 0 Å². The Labute approximate surface area is 115 Å². The first-order valence-electron chi connectivity index (χ1n) is 6.61. The number of aryl methyl sites for hydroxylation is 1. The SMILES string of the molecule is Cc1ccc(N(C)CCc2ccccn2)c(CN)c1. The van der Waals surface area contributed by atoms with Crippen molar-refractivity contribution < 1.29 is 0 Å². The first-order chi connectivity index (χ1) is 9.20. The lowest BCUT2D eigenvalue weighted by molar-refractivity contribution is 0.844. The largest absolute Gasteiger partial charge is 0.374 e. The number of rotatable bonds is 5. The quantitative estimate of drug-likeness (QED) is 0.892. The zero-order chi connectivity index (χ0) is 13.7. The van der Waals surface area contributed by atoms with E-state index in [1.165, 1.54) is 16.8 Å². The third-order valence-corrected chi connectivity index (χ3v) is 3.30. The van der Waals surface area contributed by atoms with Crippen LogP contribution in [-0.4, -0.2) is 18.6 Å². The first-order valence-corrected chi connectivity index (χ1v) is 6.61. The van der Waals surface area contributed by atoms with Crippen molar-refractivity contribution in [2.45, 2.75) is 19.9 Å². The van der Waals surface area contributed by atoms with Crippen molar-refractivity contribution >= 4 is 5.69 Å². The number of pyridine rings is 1. The van der Waals surface area contributed by atoms with Gasteiger partial charge in [-0.15, -0.1) is 0 Å². The highest BCUT2D eigenvalue weighted by Crippen LogP contribution is 2.20. The van der Waals surface area contributed by atoms with Gasteiger partial charge in [-0.2, -0.15) is 0 Å². The van der Waals surface area contributed by atoms with Crippen LogP contribution in [-0.2, 0) is 13.0 Å². The van der Waals surface area contributed by atoms with Crippen LogP contribution in [0.4, 0.5) is 5.69 Å². The van der Waals surface area contributed by atoms with Gasteiger partial charge < -0.3 is 10.6 Å². The molecule has 1 heterocycles. The summed E-state index contributed by atoms with van der Waals surface area (Å²) in [6.45, 7) is 3.61. The Morgan fingerprint density at radius 1 is 1.21 bits per heavy atom. The molecule has 3 heteroatoms. The number of anilines is 1. The maximum absolute atomic E-state index is 5.83. The standard InChI is InChI=1S/C16H21N3/c1-13-6-7-16(14(11-13)12-17)19(2)10-8-15-5-3-4-9-18-15/h3-7,9,11H,8,10,12,17H2,1-2H3. The van der Waals surface area contributed by atoms with Gasteiger partial charge in [0.05, 0.1) is 0 Å². The highest BCUT2D eigenvalue weighted by Gasteiger charge is 2.07. The van der Waals surface area contributed by atoms with Gasteiger partial charge in [-0.1, -0.05) is 23.8 Å². The van der Waals surface area contributed by atoms with Crippen LogP contribution in [0.3, 0.4) is 0 Å². The minimum absolute atomic E-state index is 0.574. The van der Waals surface area contributed by atoms with E-state index in [9.17, 15) is 0 Å². The molecule has 2 N–H and O–H groups in total. The minimum atomic E-state index is 0.574. The Hall–Kier alpha value is -1.87. The van der Waals surface area contributed by atoms with Gasteiger partial charge in [-0.05, 0) is 30.7 Å². The third kappa shape index (κ3) is 3.55. The van der Waals surface area contributed by atoms with Crippen molar-refractivity contribution in [1.82, 2.24) is 4.98 Å². The molecule has 19 heavy (non-hydrogen) atoms. The number of nitrogens with two attached hydrogens (primary N) is 1. The van der Waals surface area contributed by atoms with E-state index in [0.717, 1.165) is 18.7 Å². The Morgan fingerprint density at radius 3 is 2.74 bits per heavy atom. The fourth-order valence-corrected chi connectivity index (χ4v) is 2.20. The molecule has 0 aliphatic rings. The van der Waals surface area contributed by atoms with Crippen LogP contribution in [0, 0.1) is 6.92 Å². The second kappa shape index (κ2) is 6.34. The van der Waals surface area contributed by atoms with Gasteiger partial charge >= 0.3 is 0 Å². The number of benzene rings is 1. The van der Waals surface area contributed by atoms with E-state index in [0.29, 0.717) is 6.54 Å². The van der Waals surface area contributed by atoms with Crippen LogP contribution >= 0.6 is 0 Å². The minimum Gasteiger partial charge on any atom is -0.374 e. The topological polar surface area (TPSA) is 42.2 Å². The zero-order valence-corrected chi connectivity index (χ0v) is 11.6.